The van der Waals surface area contributed by atoms with Gasteiger partial charge in [0.1, 0.15) is 0 Å². The zero-order valence-corrected chi connectivity index (χ0v) is 18.3. The van der Waals surface area contributed by atoms with E-state index in [-0.39, 0.29) is 23.1 Å². The summed E-state index contributed by atoms with van der Waals surface area (Å²) < 4.78 is 0. The molecule has 0 saturated heterocycles. The number of hydrogen-bond donors (Lipinski definition) is 0. The van der Waals surface area contributed by atoms with E-state index in [0.717, 1.165) is 21.8 Å². The van der Waals surface area contributed by atoms with Crippen molar-refractivity contribution < 1.29 is 9.59 Å². The van der Waals surface area contributed by atoms with Crippen LogP contribution in [0, 0.1) is 0 Å². The first-order chi connectivity index (χ1) is 16.2. The number of benzene rings is 3. The number of hydrazone groups is 1. The van der Waals surface area contributed by atoms with Gasteiger partial charge in [-0.05, 0) is 29.1 Å². The summed E-state index contributed by atoms with van der Waals surface area (Å²) in [6.07, 6.45) is 0. The second-order valence-electron chi connectivity index (χ2n) is 7.91. The van der Waals surface area contributed by atoms with Gasteiger partial charge >= 0.3 is 0 Å². The molecular formula is C28H18N2O2S. The molecule has 1 aliphatic carbocycles. The Kier molecular flexibility index (Phi) is 4.63. The van der Waals surface area contributed by atoms with E-state index in [0.29, 0.717) is 16.8 Å². The maximum atomic E-state index is 13.6. The number of allylic oxidation sites excluding steroid dienone is 2. The molecule has 5 heteroatoms. The van der Waals surface area contributed by atoms with Crippen molar-refractivity contribution in [2.75, 3.05) is 5.01 Å². The summed E-state index contributed by atoms with van der Waals surface area (Å²) in [6, 6.07) is 30.7. The quantitative estimate of drug-likeness (QED) is 0.283. The number of carbonyl (C=O) groups is 2. The Balaban J connectivity index is 1.65. The van der Waals surface area contributed by atoms with Gasteiger partial charge in [-0.3, -0.25) is 9.59 Å². The van der Waals surface area contributed by atoms with Crippen molar-refractivity contribution in [1.82, 2.24) is 0 Å². The van der Waals surface area contributed by atoms with Gasteiger partial charge in [-0.2, -0.15) is 5.10 Å². The molecule has 0 amide bonds. The zero-order chi connectivity index (χ0) is 22.4. The van der Waals surface area contributed by atoms with Crippen LogP contribution in [-0.2, 0) is 0 Å². The van der Waals surface area contributed by atoms with Crippen LogP contribution >= 0.6 is 11.3 Å². The lowest BCUT2D eigenvalue weighted by Crippen LogP contribution is -2.22. The SMILES string of the molecule is O=C1C(=C2[C@H](c3cccs3)C(c3ccccc3)=NN2c2ccccc2)C(=O)c2ccccc21. The lowest BCUT2D eigenvalue weighted by atomic mass is 9.89. The van der Waals surface area contributed by atoms with Gasteiger partial charge in [0.2, 0.25) is 0 Å². The number of para-hydroxylation sites is 1. The molecule has 0 fully saturated rings. The summed E-state index contributed by atoms with van der Waals surface area (Å²) >= 11 is 1.60. The first-order valence-corrected chi connectivity index (χ1v) is 11.6. The second-order valence-corrected chi connectivity index (χ2v) is 8.89. The van der Waals surface area contributed by atoms with Crippen molar-refractivity contribution >= 4 is 34.3 Å². The number of fused-ring (bicyclic) bond motifs is 1. The average Bonchev–Trinajstić information content (AvgIpc) is 3.58. The second kappa shape index (κ2) is 7.80. The van der Waals surface area contributed by atoms with Crippen molar-refractivity contribution in [3.8, 4) is 0 Å². The number of nitrogens with zero attached hydrogens (tertiary/aromatic N) is 2. The van der Waals surface area contributed by atoms with Gasteiger partial charge in [0.25, 0.3) is 0 Å². The molecule has 0 saturated carbocycles. The fourth-order valence-electron chi connectivity index (χ4n) is 4.53. The molecule has 2 heterocycles. The summed E-state index contributed by atoms with van der Waals surface area (Å²) in [6.45, 7) is 0. The van der Waals surface area contributed by atoms with E-state index in [4.69, 9.17) is 5.10 Å². The largest absolute Gasteiger partial charge is 0.288 e. The molecule has 158 valence electrons. The topological polar surface area (TPSA) is 49.7 Å². The highest BCUT2D eigenvalue weighted by Gasteiger charge is 2.44. The molecule has 33 heavy (non-hydrogen) atoms. The zero-order valence-electron chi connectivity index (χ0n) is 17.5. The van der Waals surface area contributed by atoms with E-state index in [1.54, 1.807) is 40.6 Å². The molecule has 4 nitrogen and oxygen atoms in total. The summed E-state index contributed by atoms with van der Waals surface area (Å²) in [4.78, 5) is 28.2. The highest BCUT2D eigenvalue weighted by molar-refractivity contribution is 7.10. The van der Waals surface area contributed by atoms with E-state index < -0.39 is 0 Å². The minimum Gasteiger partial charge on any atom is -0.288 e. The maximum Gasteiger partial charge on any atom is 0.199 e. The Morgan fingerprint density at radius 2 is 1.30 bits per heavy atom. The Labute approximate surface area is 195 Å². The minimum absolute atomic E-state index is 0.202. The van der Waals surface area contributed by atoms with Crippen LogP contribution in [-0.4, -0.2) is 17.3 Å². The van der Waals surface area contributed by atoms with Crippen LogP contribution in [0.3, 0.4) is 0 Å². The third-order valence-corrected chi connectivity index (χ3v) is 6.94. The summed E-state index contributed by atoms with van der Waals surface area (Å²) in [5, 5.41) is 8.81. The van der Waals surface area contributed by atoms with Gasteiger partial charge in [0.15, 0.2) is 11.6 Å². The van der Waals surface area contributed by atoms with E-state index in [1.165, 1.54) is 0 Å². The van der Waals surface area contributed by atoms with Gasteiger partial charge in [0, 0.05) is 16.0 Å². The minimum atomic E-state index is -0.329. The lowest BCUT2D eigenvalue weighted by Gasteiger charge is -2.22. The third-order valence-electron chi connectivity index (χ3n) is 6.01. The van der Waals surface area contributed by atoms with Crippen LogP contribution in [0.2, 0.25) is 0 Å². The Morgan fingerprint density at radius 3 is 1.91 bits per heavy atom. The first kappa shape index (κ1) is 19.6. The average molecular weight is 447 g/mol. The van der Waals surface area contributed by atoms with E-state index in [1.807, 2.05) is 78.2 Å². The normalized spacial score (nSPS) is 17.5. The van der Waals surface area contributed by atoms with Crippen molar-refractivity contribution in [2.45, 2.75) is 5.92 Å². The Bertz CT molecular complexity index is 1400. The molecule has 2 aliphatic rings. The fourth-order valence-corrected chi connectivity index (χ4v) is 5.36. The van der Waals surface area contributed by atoms with Crippen molar-refractivity contribution in [3.63, 3.8) is 0 Å². The smallest absolute Gasteiger partial charge is 0.199 e. The molecule has 6 rings (SSSR count). The van der Waals surface area contributed by atoms with Gasteiger partial charge in [-0.15, -0.1) is 11.3 Å². The maximum absolute atomic E-state index is 13.6. The molecule has 3 aromatic carbocycles. The van der Waals surface area contributed by atoms with Gasteiger partial charge < -0.3 is 0 Å². The van der Waals surface area contributed by atoms with E-state index in [2.05, 4.69) is 0 Å². The molecule has 0 radical (unpaired) electrons. The third kappa shape index (κ3) is 3.09. The van der Waals surface area contributed by atoms with Crippen LogP contribution in [0.4, 0.5) is 5.69 Å². The fraction of sp³-hybridized carbons (Fsp3) is 0.0357. The van der Waals surface area contributed by atoms with Crippen LogP contribution < -0.4 is 5.01 Å². The summed E-state index contributed by atoms with van der Waals surface area (Å²) in [5.41, 5.74) is 4.32. The Morgan fingerprint density at radius 1 is 0.697 bits per heavy atom. The van der Waals surface area contributed by atoms with Gasteiger partial charge in [0.05, 0.1) is 28.6 Å². The van der Waals surface area contributed by atoms with Crippen LogP contribution in [0.15, 0.2) is 119 Å². The van der Waals surface area contributed by atoms with Crippen molar-refractivity contribution in [2.24, 2.45) is 5.10 Å². The molecule has 4 aromatic rings. The lowest BCUT2D eigenvalue weighted by molar-refractivity contribution is 0.0986. The molecular weight excluding hydrogens is 428 g/mol. The summed E-state index contributed by atoms with van der Waals surface area (Å²) in [7, 11) is 0. The monoisotopic (exact) mass is 446 g/mol. The molecule has 0 bridgehead atoms. The van der Waals surface area contributed by atoms with Gasteiger partial charge in [-0.1, -0.05) is 78.9 Å². The number of rotatable bonds is 3. The molecule has 0 unspecified atom stereocenters. The van der Waals surface area contributed by atoms with Crippen molar-refractivity contribution in [3.05, 3.63) is 135 Å². The Hall–Kier alpha value is -4.09. The molecule has 1 aromatic heterocycles. The predicted octanol–water partition coefficient (Wildman–Crippen LogP) is 6.09. The number of ketones is 2. The van der Waals surface area contributed by atoms with E-state index in [9.17, 15) is 9.59 Å². The first-order valence-electron chi connectivity index (χ1n) is 10.7. The molecule has 1 aliphatic heterocycles. The number of anilines is 1. The summed E-state index contributed by atoms with van der Waals surface area (Å²) in [5.74, 6) is -0.806. The number of hydrogen-bond acceptors (Lipinski definition) is 5. The molecule has 1 atom stereocenters. The predicted molar refractivity (Wildman–Crippen MR) is 131 cm³/mol. The number of carbonyl (C=O) groups excluding carboxylic acids is 2. The number of thiophene rings is 1. The highest BCUT2D eigenvalue weighted by atomic mass is 32.1. The molecule has 0 N–H and O–H groups in total. The standard InChI is InChI=1S/C28H18N2O2S/c31-27-20-14-7-8-15-21(20)28(32)24(27)26-23(22-16-9-17-33-22)25(18-10-3-1-4-11-18)29-30(26)19-12-5-2-6-13-19/h1-17,23H/t23-/m1/s1. The highest BCUT2D eigenvalue weighted by Crippen LogP contribution is 2.45. The van der Waals surface area contributed by atoms with E-state index >= 15 is 0 Å². The van der Waals surface area contributed by atoms with Gasteiger partial charge in [-0.25, -0.2) is 5.01 Å². The number of Topliss-reactive ketones (excluding diaryl/α,β-unsaturated/α-hetero) is 2. The molecule has 0 spiro atoms. The van der Waals surface area contributed by atoms with Crippen molar-refractivity contribution in [1.29, 1.82) is 0 Å². The van der Waals surface area contributed by atoms with Crippen LogP contribution in [0.25, 0.3) is 0 Å². The van der Waals surface area contributed by atoms with Crippen LogP contribution in [0.5, 0.6) is 0 Å². The van der Waals surface area contributed by atoms with Crippen LogP contribution in [0.1, 0.15) is 37.1 Å².